The first-order chi connectivity index (χ1) is 15.3. The summed E-state index contributed by atoms with van der Waals surface area (Å²) in [4.78, 5) is 46.8. The Bertz CT molecular complexity index is 866. The highest BCUT2D eigenvalue weighted by molar-refractivity contribution is 5.91. The van der Waals surface area contributed by atoms with E-state index < -0.39 is 24.0 Å². The normalized spacial score (nSPS) is 12.4. The molecule has 0 aliphatic heterocycles. The van der Waals surface area contributed by atoms with Crippen molar-refractivity contribution in [3.63, 3.8) is 0 Å². The minimum Gasteiger partial charge on any atom is -0.460 e. The van der Waals surface area contributed by atoms with Gasteiger partial charge in [0.15, 0.2) is 0 Å². The lowest BCUT2D eigenvalue weighted by Gasteiger charge is -2.18. The standard InChI is InChI=1S/C24H26N2O6/c1-17(27)25-21(19-9-5-3-6-10-19)15-31-23(29)13-14-24(30)32-16-22(26-18(2)28)20-11-7-4-8-12-20/h3-14,21-22H,15-16H2,1-2H3,(H,25,27)(H,26,28)/b14-13+/t21-,22-/m0/s1. The number of benzene rings is 2. The van der Waals surface area contributed by atoms with E-state index in [1.54, 1.807) is 24.3 Å². The molecule has 8 heteroatoms. The maximum atomic E-state index is 12.0. The van der Waals surface area contributed by atoms with Gasteiger partial charge in [-0.05, 0) is 11.1 Å². The Balaban J connectivity index is 1.87. The number of ether oxygens (including phenoxy) is 2. The van der Waals surface area contributed by atoms with E-state index in [1.807, 2.05) is 36.4 Å². The molecule has 0 fully saturated rings. The van der Waals surface area contributed by atoms with E-state index in [2.05, 4.69) is 10.6 Å². The monoisotopic (exact) mass is 438 g/mol. The molecule has 0 aromatic heterocycles. The van der Waals surface area contributed by atoms with Gasteiger partial charge in [0.05, 0.1) is 12.1 Å². The van der Waals surface area contributed by atoms with Crippen LogP contribution in [-0.4, -0.2) is 37.0 Å². The zero-order valence-corrected chi connectivity index (χ0v) is 17.9. The Morgan fingerprint density at radius 3 is 1.34 bits per heavy atom. The average Bonchev–Trinajstić information content (AvgIpc) is 2.78. The molecule has 8 nitrogen and oxygen atoms in total. The summed E-state index contributed by atoms with van der Waals surface area (Å²) < 4.78 is 10.3. The SMILES string of the molecule is CC(=O)N[C@@H](COC(=O)/C=C/C(=O)OC[C@H](NC(C)=O)c1ccccc1)c1ccccc1. The lowest BCUT2D eigenvalue weighted by molar-refractivity contribution is -0.141. The van der Waals surface area contributed by atoms with Gasteiger partial charge in [0, 0.05) is 26.0 Å². The van der Waals surface area contributed by atoms with E-state index in [0.717, 1.165) is 23.3 Å². The summed E-state index contributed by atoms with van der Waals surface area (Å²) in [6, 6.07) is 17.1. The van der Waals surface area contributed by atoms with Crippen molar-refractivity contribution >= 4 is 23.8 Å². The number of hydrogen-bond acceptors (Lipinski definition) is 6. The van der Waals surface area contributed by atoms with Crippen LogP contribution < -0.4 is 10.6 Å². The van der Waals surface area contributed by atoms with Crippen LogP contribution in [0, 0.1) is 0 Å². The molecule has 0 saturated carbocycles. The van der Waals surface area contributed by atoms with Crippen molar-refractivity contribution in [2.75, 3.05) is 13.2 Å². The number of esters is 2. The van der Waals surface area contributed by atoms with E-state index in [4.69, 9.17) is 9.47 Å². The van der Waals surface area contributed by atoms with Gasteiger partial charge in [0.1, 0.15) is 13.2 Å². The lowest BCUT2D eigenvalue weighted by Crippen LogP contribution is -2.30. The maximum absolute atomic E-state index is 12.0. The molecule has 2 aromatic rings. The number of nitrogens with one attached hydrogen (secondary N) is 2. The van der Waals surface area contributed by atoms with Gasteiger partial charge in [-0.1, -0.05) is 60.7 Å². The van der Waals surface area contributed by atoms with Crippen LogP contribution in [-0.2, 0) is 28.7 Å². The van der Waals surface area contributed by atoms with Crippen LogP contribution in [0.3, 0.4) is 0 Å². The molecule has 0 radical (unpaired) electrons. The van der Waals surface area contributed by atoms with E-state index in [0.29, 0.717) is 0 Å². The lowest BCUT2D eigenvalue weighted by atomic mass is 10.1. The molecule has 0 aliphatic rings. The van der Waals surface area contributed by atoms with Crippen molar-refractivity contribution in [1.29, 1.82) is 0 Å². The van der Waals surface area contributed by atoms with Crippen molar-refractivity contribution < 1.29 is 28.7 Å². The Hall–Kier alpha value is -3.94. The number of amides is 2. The molecule has 0 spiro atoms. The van der Waals surface area contributed by atoms with Crippen molar-refractivity contribution in [1.82, 2.24) is 10.6 Å². The molecular weight excluding hydrogens is 412 g/mol. The van der Waals surface area contributed by atoms with Crippen molar-refractivity contribution in [3.05, 3.63) is 83.9 Å². The van der Waals surface area contributed by atoms with Crippen LogP contribution in [0.25, 0.3) is 0 Å². The zero-order chi connectivity index (χ0) is 23.3. The Morgan fingerprint density at radius 2 is 1.03 bits per heavy atom. The smallest absolute Gasteiger partial charge is 0.331 e. The average molecular weight is 438 g/mol. The summed E-state index contributed by atoms with van der Waals surface area (Å²) in [7, 11) is 0. The molecule has 2 amide bonds. The largest absolute Gasteiger partial charge is 0.460 e. The summed E-state index contributed by atoms with van der Waals surface area (Å²) >= 11 is 0. The van der Waals surface area contributed by atoms with Gasteiger partial charge in [0.2, 0.25) is 11.8 Å². The van der Waals surface area contributed by atoms with Crippen molar-refractivity contribution in [2.45, 2.75) is 25.9 Å². The number of hydrogen-bond donors (Lipinski definition) is 2. The van der Waals surface area contributed by atoms with Gasteiger partial charge >= 0.3 is 11.9 Å². The fourth-order valence-electron chi connectivity index (χ4n) is 2.87. The van der Waals surface area contributed by atoms with Crippen LogP contribution in [0.1, 0.15) is 37.1 Å². The molecule has 32 heavy (non-hydrogen) atoms. The second-order valence-corrected chi connectivity index (χ2v) is 6.92. The second-order valence-electron chi connectivity index (χ2n) is 6.92. The molecule has 168 valence electrons. The Labute approximate surface area is 186 Å². The first kappa shape index (κ1) is 24.3. The second kappa shape index (κ2) is 12.7. The first-order valence-electron chi connectivity index (χ1n) is 10.0. The van der Waals surface area contributed by atoms with Gasteiger partial charge in [-0.25, -0.2) is 9.59 Å². The molecule has 0 saturated heterocycles. The van der Waals surface area contributed by atoms with Gasteiger partial charge in [-0.2, -0.15) is 0 Å². The van der Waals surface area contributed by atoms with E-state index in [1.165, 1.54) is 13.8 Å². The van der Waals surface area contributed by atoms with Crippen molar-refractivity contribution in [3.8, 4) is 0 Å². The summed E-state index contributed by atoms with van der Waals surface area (Å²) in [6.45, 7) is 2.55. The molecule has 2 aromatic carbocycles. The summed E-state index contributed by atoms with van der Waals surface area (Å²) in [5.74, 6) is -2.04. The van der Waals surface area contributed by atoms with Crippen LogP contribution in [0.5, 0.6) is 0 Å². The molecule has 0 unspecified atom stereocenters. The summed E-state index contributed by atoms with van der Waals surface area (Å²) in [5.41, 5.74) is 1.56. The molecule has 0 bridgehead atoms. The number of carbonyl (C=O) groups excluding carboxylic acids is 4. The zero-order valence-electron chi connectivity index (χ0n) is 17.9. The first-order valence-corrected chi connectivity index (χ1v) is 10.0. The van der Waals surface area contributed by atoms with Crippen LogP contribution in [0.4, 0.5) is 0 Å². The predicted octanol–water partition coefficient (Wildman–Crippen LogP) is 2.38. The third-order valence-electron chi connectivity index (χ3n) is 4.30. The van der Waals surface area contributed by atoms with E-state index in [-0.39, 0.29) is 25.0 Å². The minimum atomic E-state index is -0.755. The van der Waals surface area contributed by atoms with Crippen LogP contribution in [0.2, 0.25) is 0 Å². The number of rotatable bonds is 10. The molecule has 2 rings (SSSR count). The number of carbonyl (C=O) groups is 4. The highest BCUT2D eigenvalue weighted by atomic mass is 16.5. The highest BCUT2D eigenvalue weighted by Crippen LogP contribution is 2.14. The van der Waals surface area contributed by atoms with E-state index >= 15 is 0 Å². The fraction of sp³-hybridized carbons (Fsp3) is 0.250. The van der Waals surface area contributed by atoms with Gasteiger partial charge < -0.3 is 20.1 Å². The summed E-state index contributed by atoms with van der Waals surface area (Å²) in [5, 5.41) is 5.43. The van der Waals surface area contributed by atoms with Crippen LogP contribution in [0.15, 0.2) is 72.8 Å². The molecule has 2 N–H and O–H groups in total. The third kappa shape index (κ3) is 8.83. The van der Waals surface area contributed by atoms with Gasteiger partial charge in [0.25, 0.3) is 0 Å². The molecule has 2 atom stereocenters. The van der Waals surface area contributed by atoms with Gasteiger partial charge in [-0.15, -0.1) is 0 Å². The highest BCUT2D eigenvalue weighted by Gasteiger charge is 2.16. The quantitative estimate of drug-likeness (QED) is 0.435. The van der Waals surface area contributed by atoms with Gasteiger partial charge in [-0.3, -0.25) is 9.59 Å². The Kier molecular flexibility index (Phi) is 9.65. The van der Waals surface area contributed by atoms with E-state index in [9.17, 15) is 19.2 Å². The molecular formula is C24H26N2O6. The topological polar surface area (TPSA) is 111 Å². The molecule has 0 heterocycles. The fourth-order valence-corrected chi connectivity index (χ4v) is 2.87. The van der Waals surface area contributed by atoms with Crippen molar-refractivity contribution in [2.24, 2.45) is 0 Å². The molecule has 0 aliphatic carbocycles. The van der Waals surface area contributed by atoms with Crippen LogP contribution >= 0.6 is 0 Å². The maximum Gasteiger partial charge on any atom is 0.331 e. The Morgan fingerprint density at radius 1 is 0.688 bits per heavy atom. The summed E-state index contributed by atoms with van der Waals surface area (Å²) in [6.07, 6.45) is 1.90. The minimum absolute atomic E-state index is 0.0968. The predicted molar refractivity (Wildman–Crippen MR) is 117 cm³/mol. The third-order valence-corrected chi connectivity index (χ3v) is 4.30.